The zero-order valence-corrected chi connectivity index (χ0v) is 35.0. The number of thioether (sulfide) groups is 1. The molecule has 1 aliphatic heterocycles. The summed E-state index contributed by atoms with van der Waals surface area (Å²) in [6, 6.07) is 36.1. The Hall–Kier alpha value is -5.74. The van der Waals surface area contributed by atoms with Gasteiger partial charge in [-0.2, -0.15) is 0 Å². The van der Waals surface area contributed by atoms with Crippen molar-refractivity contribution in [1.29, 1.82) is 0 Å². The summed E-state index contributed by atoms with van der Waals surface area (Å²) in [5, 5.41) is 16.2. The molecule has 2 heterocycles. The average Bonchev–Trinajstić information content (AvgIpc) is 3.25. The largest absolute Gasteiger partial charge is 0.497 e. The van der Waals surface area contributed by atoms with E-state index in [0.29, 0.717) is 16.7 Å². The Kier molecular flexibility index (Phi) is 13.3. The minimum Gasteiger partial charge on any atom is -0.497 e. The minimum absolute atomic E-state index is 0.0884. The van der Waals surface area contributed by atoms with Gasteiger partial charge in [-0.15, -0.1) is 11.8 Å². The fourth-order valence-corrected chi connectivity index (χ4v) is 9.18. The van der Waals surface area contributed by atoms with Crippen LogP contribution in [-0.4, -0.2) is 98.8 Å². The Morgan fingerprint density at radius 3 is 2.36 bits per heavy atom. The second kappa shape index (κ2) is 18.9. The van der Waals surface area contributed by atoms with E-state index < -0.39 is 14.9 Å². The molecule has 2 N–H and O–H groups in total. The van der Waals surface area contributed by atoms with Crippen LogP contribution in [0.4, 0.5) is 22.9 Å². The van der Waals surface area contributed by atoms with Gasteiger partial charge in [-0.3, -0.25) is 19.7 Å². The standard InChI is InChI=1S/C44H48N8O5S2/c1-49(2)21-20-34(30-58-37-12-8-5-9-13-37)47-41-19-16-38(28-43(41)52(53)54)59(55,56)48-44-40-17-14-35(27-42(40)45-31-46-44)51-24-22-50(23-25-51)29-33-26-36(57-3)15-18-39(33)32-10-6-4-7-11-32/h4-19,26-28,31,34,47H,20-25,29-30H2,1-3H3,(H,45,46,48)/t34-/m1/s1. The Morgan fingerprint density at radius 1 is 0.898 bits per heavy atom. The van der Waals surface area contributed by atoms with Gasteiger partial charge in [0.05, 0.1) is 22.4 Å². The number of rotatable bonds is 17. The van der Waals surface area contributed by atoms with Gasteiger partial charge in [-0.05, 0) is 98.3 Å². The highest BCUT2D eigenvalue weighted by atomic mass is 32.2. The van der Waals surface area contributed by atoms with Crippen molar-refractivity contribution >= 4 is 55.6 Å². The quantitative estimate of drug-likeness (QED) is 0.0524. The van der Waals surface area contributed by atoms with Crippen LogP contribution in [0.5, 0.6) is 5.75 Å². The van der Waals surface area contributed by atoms with E-state index in [2.05, 4.69) is 71.1 Å². The molecule has 0 unspecified atom stereocenters. The van der Waals surface area contributed by atoms with Crippen molar-refractivity contribution in [2.75, 3.05) is 74.6 Å². The van der Waals surface area contributed by atoms with Crippen LogP contribution in [0, 0.1) is 10.1 Å². The van der Waals surface area contributed by atoms with Crippen LogP contribution in [0.3, 0.4) is 0 Å². The number of methoxy groups -OCH3 is 1. The molecule has 0 spiro atoms. The normalized spacial score (nSPS) is 14.0. The zero-order valence-electron chi connectivity index (χ0n) is 33.3. The Balaban J connectivity index is 1.03. The summed E-state index contributed by atoms with van der Waals surface area (Å²) >= 11 is 1.66. The SMILES string of the molecule is COc1ccc(-c2ccccc2)c(CN2CCN(c3ccc4c(NS(=O)(=O)c5ccc(N[C@H](CCN(C)C)CSc6ccccc6)c([N+](=O)[O-])c5)ncnc4c3)CC2)c1. The van der Waals surface area contributed by atoms with Gasteiger partial charge in [0.1, 0.15) is 17.8 Å². The van der Waals surface area contributed by atoms with E-state index in [4.69, 9.17) is 4.74 Å². The first-order chi connectivity index (χ1) is 28.6. The molecule has 0 amide bonds. The van der Waals surface area contributed by atoms with Gasteiger partial charge >= 0.3 is 0 Å². The van der Waals surface area contributed by atoms with E-state index in [1.165, 1.54) is 35.2 Å². The highest BCUT2D eigenvalue weighted by Gasteiger charge is 2.25. The molecule has 1 saturated heterocycles. The second-order valence-electron chi connectivity index (χ2n) is 14.7. The number of nitrogens with one attached hydrogen (secondary N) is 2. The molecule has 0 saturated carbocycles. The van der Waals surface area contributed by atoms with Crippen LogP contribution >= 0.6 is 11.8 Å². The van der Waals surface area contributed by atoms with Crippen LogP contribution < -0.4 is 19.7 Å². The first-order valence-corrected chi connectivity index (χ1v) is 21.9. The topological polar surface area (TPSA) is 146 Å². The molecule has 15 heteroatoms. The molecule has 6 aromatic rings. The van der Waals surface area contributed by atoms with Gasteiger partial charge in [0.25, 0.3) is 15.7 Å². The molecule has 13 nitrogen and oxygen atoms in total. The molecule has 59 heavy (non-hydrogen) atoms. The molecular weight excluding hydrogens is 785 g/mol. The molecule has 1 aromatic heterocycles. The predicted octanol–water partition coefficient (Wildman–Crippen LogP) is 7.86. The molecule has 0 radical (unpaired) electrons. The van der Waals surface area contributed by atoms with Gasteiger partial charge < -0.3 is 19.9 Å². The van der Waals surface area contributed by atoms with Crippen molar-refractivity contribution in [2.45, 2.75) is 28.8 Å². The molecule has 1 aliphatic rings. The Labute approximate surface area is 349 Å². The highest BCUT2D eigenvalue weighted by molar-refractivity contribution is 7.99. The number of ether oxygens (including phenoxy) is 1. The van der Waals surface area contributed by atoms with Crippen molar-refractivity contribution in [2.24, 2.45) is 0 Å². The van der Waals surface area contributed by atoms with Crippen LogP contribution in [0.1, 0.15) is 12.0 Å². The van der Waals surface area contributed by atoms with E-state index in [9.17, 15) is 18.5 Å². The lowest BCUT2D eigenvalue weighted by molar-refractivity contribution is -0.384. The third-order valence-electron chi connectivity index (χ3n) is 10.3. The van der Waals surface area contributed by atoms with E-state index in [-0.39, 0.29) is 28.1 Å². The molecule has 0 bridgehead atoms. The number of nitro benzene ring substituents is 1. The Bertz CT molecular complexity index is 2490. The fourth-order valence-electron chi connectivity index (χ4n) is 7.14. The van der Waals surface area contributed by atoms with Crippen LogP contribution in [0.15, 0.2) is 131 Å². The maximum atomic E-state index is 13.8. The molecule has 1 atom stereocenters. The molecule has 306 valence electrons. The number of benzene rings is 5. The second-order valence-corrected chi connectivity index (χ2v) is 17.5. The lowest BCUT2D eigenvalue weighted by Gasteiger charge is -2.36. The number of hydrogen-bond acceptors (Lipinski definition) is 12. The summed E-state index contributed by atoms with van der Waals surface area (Å²) in [5.74, 6) is 1.58. The van der Waals surface area contributed by atoms with Gasteiger partial charge in [0.2, 0.25) is 0 Å². The lowest BCUT2D eigenvalue weighted by Crippen LogP contribution is -2.46. The first kappa shape index (κ1) is 41.4. The number of nitrogens with zero attached hydrogens (tertiary/aromatic N) is 6. The third-order valence-corrected chi connectivity index (χ3v) is 12.8. The van der Waals surface area contributed by atoms with Crippen molar-refractivity contribution in [3.8, 4) is 16.9 Å². The maximum absolute atomic E-state index is 13.8. The summed E-state index contributed by atoms with van der Waals surface area (Å²) in [6.07, 6.45) is 2.04. The van der Waals surface area contributed by atoms with Crippen molar-refractivity contribution in [3.63, 3.8) is 0 Å². The first-order valence-electron chi connectivity index (χ1n) is 19.4. The smallest absolute Gasteiger partial charge is 0.293 e. The minimum atomic E-state index is -4.27. The number of fused-ring (bicyclic) bond motifs is 1. The number of aromatic nitrogens is 2. The van der Waals surface area contributed by atoms with Crippen molar-refractivity contribution in [3.05, 3.63) is 137 Å². The third kappa shape index (κ3) is 10.5. The van der Waals surface area contributed by atoms with Crippen LogP contribution in [0.25, 0.3) is 22.0 Å². The summed E-state index contributed by atoms with van der Waals surface area (Å²) in [6.45, 7) is 4.85. The fraction of sp³-hybridized carbons (Fsp3) is 0.273. The number of sulfonamides is 1. The van der Waals surface area contributed by atoms with Gasteiger partial charge in [-0.25, -0.2) is 18.4 Å². The lowest BCUT2D eigenvalue weighted by atomic mass is 9.98. The van der Waals surface area contributed by atoms with Gasteiger partial charge in [0, 0.05) is 66.6 Å². The van der Waals surface area contributed by atoms with E-state index in [1.54, 1.807) is 18.9 Å². The number of piperazine rings is 1. The molecular formula is C44H48N8O5S2. The number of hydrogen-bond donors (Lipinski definition) is 2. The van der Waals surface area contributed by atoms with Crippen LogP contribution in [0.2, 0.25) is 0 Å². The average molecular weight is 833 g/mol. The summed E-state index contributed by atoms with van der Waals surface area (Å²) < 4.78 is 35.6. The van der Waals surface area contributed by atoms with Crippen molar-refractivity contribution < 1.29 is 18.1 Å². The van der Waals surface area contributed by atoms with E-state index in [0.717, 1.165) is 68.1 Å². The van der Waals surface area contributed by atoms with Gasteiger partial charge in [0.15, 0.2) is 5.82 Å². The summed E-state index contributed by atoms with van der Waals surface area (Å²) in [5.41, 5.74) is 5.04. The number of nitro groups is 1. The molecule has 5 aromatic carbocycles. The Morgan fingerprint density at radius 2 is 1.64 bits per heavy atom. The van der Waals surface area contributed by atoms with E-state index >= 15 is 0 Å². The van der Waals surface area contributed by atoms with Gasteiger partial charge in [-0.1, -0.05) is 54.6 Å². The maximum Gasteiger partial charge on any atom is 0.293 e. The molecule has 7 rings (SSSR count). The summed E-state index contributed by atoms with van der Waals surface area (Å²) in [4.78, 5) is 28.1. The van der Waals surface area contributed by atoms with E-state index in [1.807, 2.05) is 74.8 Å². The van der Waals surface area contributed by atoms with Crippen molar-refractivity contribution in [1.82, 2.24) is 19.8 Å². The monoisotopic (exact) mass is 832 g/mol. The predicted molar refractivity (Wildman–Crippen MR) is 237 cm³/mol. The molecule has 1 fully saturated rings. The van der Waals surface area contributed by atoms with Crippen LogP contribution in [-0.2, 0) is 16.6 Å². The highest BCUT2D eigenvalue weighted by Crippen LogP contribution is 2.33. The number of anilines is 3. The summed E-state index contributed by atoms with van der Waals surface area (Å²) in [7, 11) is 1.37. The molecule has 0 aliphatic carbocycles. The zero-order chi connectivity index (χ0) is 41.4.